The molecule has 30 rings (SSSR count). The molecule has 0 unspecified atom stereocenters. The molecule has 3 heteroatoms. The Morgan fingerprint density at radius 3 is 0.713 bits per heavy atom. The average Bonchev–Trinajstić information content (AvgIpc) is 1.68. The second kappa shape index (κ2) is 34.1. The molecule has 143 heavy (non-hydrogen) atoms. The van der Waals surface area contributed by atoms with Gasteiger partial charge in [0.15, 0.2) is 0 Å². The quantitative estimate of drug-likeness (QED) is 0.128. The molecular weight excluding hydrogens is 1730 g/mol. The Kier molecular flexibility index (Phi) is 7.99. The first-order valence-electron chi connectivity index (χ1n) is 85.2. The molecule has 27 aromatic carbocycles. The standard InChI is InChI=1S/C48H30O.2C46H28O/c1-2-12-31(13-3-1)32-22-24-33(25-23-32)37-16-6-7-17-38(37)48-41-20-10-8-18-39(41)47(40-19-9-11-21-42(40)48)36-26-27-45-43(29-36)44-28-34-14-4-5-15-35(34)30-46(44)49-45;1-2-12-33-28-44-42(26-32(33)11-1)41-27-34(24-25-43(41)47-44)46-39-17-7-5-15-37(39)45(38-16-6-8-18-40(38)46)31-22-20-30(21-23-31)36-19-9-13-29-10-3-4-14-35(29)36;1-2-10-32-25-35(22-19-29(32)9-1)30-17-20-31(21-18-30)45-37-13-5-7-15-39(37)46(40-16-8-6-14-38(40)45)36-23-24-43-41(27-36)42-26-33-11-3-4-12-34(33)28-44(42)47-43/h1-30H;2*1-28H/i1D,2D,3D,4D,5D,6D,7D,8D,9D,10D,11D,12D,13D,14D,15D,16D,17D,18D,19D,20D,21D,22D,23D,24D,25D,26D,27D,28D,29D,30D;2*1D,2D,3D,4D,5D,6D,7D,8D,9D,10D,11D,12D,13D,14D,15D,16D,17D,18D,19D,20D,21D,22D,23D,24D,25D,26D,27D,28D. The summed E-state index contributed by atoms with van der Waals surface area (Å²) >= 11 is 0. The van der Waals surface area contributed by atoms with Crippen LogP contribution in [-0.2, 0) is 0 Å². The van der Waals surface area contributed by atoms with Gasteiger partial charge in [-0.25, -0.2) is 0 Å². The SMILES string of the molecule is [2H]c1c([2H])c(-c2c3c([2H])c([2H])c([2H])c([2H])c3c(-c3c([2H])c([2H])c4oc5c([2H])c6c([2H])c([2H])c([2H])c([2H])c6c([2H])c5c4c3[2H])c3c([2H])c([2H])c([2H])c([2H])c23)c([2H])c([2H])c1-c1c([2H])c([2H])c([2H])c2c([2H])c([2H])c([2H])c([2H])c12.[2H]c1c([2H])c(-c2c3c([2H])c([2H])c([2H])c([2H])c3c(-c3c([2H])c([2H])c4oc5c([2H])c6c([2H])c([2H])c([2H])c([2H])c6c([2H])c5c4c3[2H])c3c([2H])c([2H])c([2H])c([2H])c23)c([2H])c([2H])c1-c1c([2H])c([2H])c2c([2H])c([2H])c([2H])c([2H])c2c1[2H].[2H]c1c([2H])c([2H])c(-c2c([2H])c([2H])c(-c3c([2H])c([2H])c([2H])c([2H])c3-c3c4c([2H])c([2H])c([2H])c([2H])c4c(-c4c([2H])c([2H])c5oc6c([2H])c7c([2H])c([2H])c([2H])c([2H])c7c([2H])c6c5c4[2H])c4c([2H])c([2H])c([2H])c([2H])c34)c([2H])c2[2H])c([2H])c1[2H]. The molecule has 0 N–H and O–H groups in total. The van der Waals surface area contributed by atoms with Gasteiger partial charge in [-0.3, -0.25) is 0 Å². The van der Waals surface area contributed by atoms with Crippen LogP contribution >= 0.6 is 0 Å². The number of fused-ring (bicyclic) bond motifs is 20. The van der Waals surface area contributed by atoms with Crippen LogP contribution in [0.1, 0.15) is 118 Å². The second-order valence-electron chi connectivity index (χ2n) is 31.0. The van der Waals surface area contributed by atoms with E-state index in [0.29, 0.717) is 0 Å². The largest absolute Gasteiger partial charge is 0.456 e. The van der Waals surface area contributed by atoms with Crippen LogP contribution in [0, 0.1) is 0 Å². The smallest absolute Gasteiger partial charge is 0.136 e. The summed E-state index contributed by atoms with van der Waals surface area (Å²) in [5.74, 6) is 0. The zero-order chi connectivity index (χ0) is 169. The molecule has 0 spiro atoms. The predicted octanol–water partition coefficient (Wildman–Crippen LogP) is 40.1. The normalized spacial score (nSPS) is 20.2. The fraction of sp³-hybridized carbons (Fsp3) is 0. The van der Waals surface area contributed by atoms with Crippen molar-refractivity contribution in [1.29, 1.82) is 0 Å². The van der Waals surface area contributed by atoms with E-state index < -0.39 is 815 Å². The van der Waals surface area contributed by atoms with Gasteiger partial charge in [-0.15, -0.1) is 0 Å². The number of hydrogen-bond donors (Lipinski definition) is 0. The van der Waals surface area contributed by atoms with Gasteiger partial charge < -0.3 is 13.3 Å². The number of hydrogen-bond acceptors (Lipinski definition) is 3. The maximum atomic E-state index is 9.88. The third kappa shape index (κ3) is 14.2. The summed E-state index contributed by atoms with van der Waals surface area (Å²) in [5, 5.41) is -17.4. The van der Waals surface area contributed by atoms with E-state index >= 15 is 0 Å². The van der Waals surface area contributed by atoms with Crippen LogP contribution in [0.25, 0.3) is 296 Å². The molecule has 3 aromatic heterocycles. The lowest BCUT2D eigenvalue weighted by Gasteiger charge is -2.20. The molecule has 664 valence electrons. The summed E-state index contributed by atoms with van der Waals surface area (Å²) in [6.07, 6.45) is 0. The molecule has 0 saturated heterocycles. The summed E-state index contributed by atoms with van der Waals surface area (Å²) in [6, 6.07) is -80.1. The van der Waals surface area contributed by atoms with Crippen LogP contribution in [0.5, 0.6) is 0 Å². The minimum Gasteiger partial charge on any atom is -0.456 e. The van der Waals surface area contributed by atoms with E-state index in [-0.39, 0.29) is 0 Å². The topological polar surface area (TPSA) is 39.4 Å². The number of furan rings is 3. The predicted molar refractivity (Wildman–Crippen MR) is 608 cm³/mol. The molecule has 0 aliphatic heterocycles. The van der Waals surface area contributed by atoms with E-state index in [0.717, 1.165) is 0 Å². The number of benzene rings is 27. The second-order valence-corrected chi connectivity index (χ2v) is 31.0. The summed E-state index contributed by atoms with van der Waals surface area (Å²) in [5.41, 5.74) is -19.8. The van der Waals surface area contributed by atoms with Crippen LogP contribution < -0.4 is 0 Å². The molecule has 0 amide bonds. The highest BCUT2D eigenvalue weighted by Crippen LogP contribution is 2.52. The summed E-state index contributed by atoms with van der Waals surface area (Å²) < 4.78 is 791. The first-order valence-corrected chi connectivity index (χ1v) is 42.2. The summed E-state index contributed by atoms with van der Waals surface area (Å²) in [4.78, 5) is 0. The Bertz CT molecular complexity index is 15800. The lowest BCUT2D eigenvalue weighted by atomic mass is 9.83. The van der Waals surface area contributed by atoms with Gasteiger partial charge in [0.05, 0.1) is 118 Å². The van der Waals surface area contributed by atoms with Gasteiger partial charge in [-0.1, -0.05) is 441 Å². The van der Waals surface area contributed by atoms with Crippen molar-refractivity contribution in [3.63, 3.8) is 0 Å². The van der Waals surface area contributed by atoms with Gasteiger partial charge in [0.2, 0.25) is 0 Å². The van der Waals surface area contributed by atoms with Crippen molar-refractivity contribution in [3.05, 3.63) is 520 Å². The lowest BCUT2D eigenvalue weighted by Crippen LogP contribution is -1.92. The Hall–Kier alpha value is -18.8. The Labute approximate surface area is 945 Å². The van der Waals surface area contributed by atoms with Crippen molar-refractivity contribution >= 4 is 184 Å². The zero-order valence-electron chi connectivity index (χ0n) is 157. The molecule has 0 fully saturated rings. The van der Waals surface area contributed by atoms with Crippen molar-refractivity contribution in [2.24, 2.45) is 0 Å². The van der Waals surface area contributed by atoms with Crippen molar-refractivity contribution in [2.75, 3.05) is 0 Å². The Morgan fingerprint density at radius 2 is 0.336 bits per heavy atom. The fourth-order valence-electron chi connectivity index (χ4n) is 17.0. The molecule has 0 saturated carbocycles. The van der Waals surface area contributed by atoms with Crippen molar-refractivity contribution in [1.82, 2.24) is 0 Å². The van der Waals surface area contributed by atoms with E-state index in [1.165, 1.54) is 0 Å². The fourth-order valence-corrected chi connectivity index (χ4v) is 17.0. The van der Waals surface area contributed by atoms with Gasteiger partial charge in [-0.05, 0) is 308 Å². The van der Waals surface area contributed by atoms with Gasteiger partial charge in [-0.2, -0.15) is 0 Å². The minimum absolute atomic E-state index is 0.446. The monoisotopic (exact) mass is 1900 g/mol. The van der Waals surface area contributed by atoms with E-state index in [2.05, 4.69) is 0 Å². The zero-order valence-corrected chi connectivity index (χ0v) is 71.2. The highest BCUT2D eigenvalue weighted by atomic mass is 16.3. The summed E-state index contributed by atoms with van der Waals surface area (Å²) in [7, 11) is 0. The Balaban J connectivity index is 0.000000148. The highest BCUT2D eigenvalue weighted by molar-refractivity contribution is 6.27. The van der Waals surface area contributed by atoms with E-state index in [9.17, 15) is 52.1 Å². The van der Waals surface area contributed by atoms with Gasteiger partial charge in [0.1, 0.15) is 33.5 Å². The summed E-state index contributed by atoms with van der Waals surface area (Å²) in [6.45, 7) is 0. The first-order chi connectivity index (χ1) is 107. The Morgan fingerprint density at radius 1 is 0.105 bits per heavy atom. The molecule has 0 radical (unpaired) electrons. The third-order valence-corrected chi connectivity index (χ3v) is 23.2. The molecule has 30 aromatic rings. The van der Waals surface area contributed by atoms with Crippen LogP contribution in [0.4, 0.5) is 0 Å². The molecule has 3 heterocycles. The van der Waals surface area contributed by atoms with E-state index in [4.69, 9.17) is 79.0 Å². The van der Waals surface area contributed by atoms with Crippen LogP contribution in [0.3, 0.4) is 0 Å². The molecule has 0 atom stereocenters. The highest BCUT2D eigenvalue weighted by Gasteiger charge is 2.25. The van der Waals surface area contributed by atoms with Crippen molar-refractivity contribution < 1.29 is 131 Å². The first kappa shape index (κ1) is 33.5. The van der Waals surface area contributed by atoms with Crippen molar-refractivity contribution in [3.8, 4) is 111 Å². The van der Waals surface area contributed by atoms with Gasteiger partial charge >= 0.3 is 0 Å². The maximum absolute atomic E-state index is 9.88. The minimum atomic E-state index is -1.14. The lowest BCUT2D eigenvalue weighted by molar-refractivity contribution is 0.669. The van der Waals surface area contributed by atoms with Crippen LogP contribution in [0.2, 0.25) is 0 Å². The number of rotatable bonds is 10. The van der Waals surface area contributed by atoms with Crippen LogP contribution in [0.15, 0.2) is 533 Å². The maximum Gasteiger partial charge on any atom is 0.136 e. The van der Waals surface area contributed by atoms with Crippen molar-refractivity contribution in [2.45, 2.75) is 0 Å². The molecule has 0 bridgehead atoms. The molecule has 0 aliphatic rings. The van der Waals surface area contributed by atoms with Crippen LogP contribution in [-0.4, -0.2) is 0 Å². The molecular formula is C140H86O3. The van der Waals surface area contributed by atoms with E-state index in [1.54, 1.807) is 0 Å². The molecule has 0 aliphatic carbocycles. The third-order valence-electron chi connectivity index (χ3n) is 23.2. The van der Waals surface area contributed by atoms with Gasteiger partial charge in [0.25, 0.3) is 0 Å². The molecule has 3 nitrogen and oxygen atoms in total. The average molecular weight is 1900 g/mol. The van der Waals surface area contributed by atoms with E-state index in [1.807, 2.05) is 0 Å². The van der Waals surface area contributed by atoms with Gasteiger partial charge in [0, 0.05) is 32.3 Å².